The lowest BCUT2D eigenvalue weighted by Crippen LogP contribution is -2.24. The summed E-state index contributed by atoms with van der Waals surface area (Å²) < 4.78 is 51.7. The molecule has 144 valence electrons. The van der Waals surface area contributed by atoms with Crippen LogP contribution in [0.3, 0.4) is 0 Å². The molecule has 3 rings (SSSR count). The van der Waals surface area contributed by atoms with Gasteiger partial charge >= 0.3 is 0 Å². The van der Waals surface area contributed by atoms with Crippen molar-refractivity contribution in [2.45, 2.75) is 25.0 Å². The van der Waals surface area contributed by atoms with Crippen molar-refractivity contribution in [3.8, 4) is 5.75 Å². The van der Waals surface area contributed by atoms with Crippen LogP contribution in [0, 0.1) is 5.82 Å². The van der Waals surface area contributed by atoms with E-state index in [1.807, 2.05) is 0 Å². The third-order valence-corrected chi connectivity index (χ3v) is 5.48. The number of fused-ring (bicyclic) bond motifs is 1. The fourth-order valence-electron chi connectivity index (χ4n) is 2.60. The third-order valence-electron chi connectivity index (χ3n) is 3.77. The second-order valence-electron chi connectivity index (χ2n) is 5.81. The van der Waals surface area contributed by atoms with Gasteiger partial charge in [0.25, 0.3) is 0 Å². The number of rotatable bonds is 5. The summed E-state index contributed by atoms with van der Waals surface area (Å²) in [5.41, 5.74) is 1.17. The largest absolute Gasteiger partial charge is 0.467 e. The van der Waals surface area contributed by atoms with E-state index >= 15 is 0 Å². The van der Waals surface area contributed by atoms with Gasteiger partial charge in [0.05, 0.1) is 22.2 Å². The lowest BCUT2D eigenvalue weighted by atomic mass is 10.1. The standard InChI is InChI=1S/C17H16ClFN2O5S/c1-10(22)21-16-3-2-14(6-15(16)18)27(23,24)20-7-11-4-13(19)5-12-8-25-9-26-17(11)12/h2-6,20H,7-9H2,1H3,(H,21,22). The van der Waals surface area contributed by atoms with Crippen LogP contribution in [0.15, 0.2) is 35.2 Å². The lowest BCUT2D eigenvalue weighted by Gasteiger charge is -2.21. The summed E-state index contributed by atoms with van der Waals surface area (Å²) in [6.45, 7) is 1.34. The number of hydrogen-bond acceptors (Lipinski definition) is 5. The summed E-state index contributed by atoms with van der Waals surface area (Å²) in [4.78, 5) is 11.0. The molecule has 27 heavy (non-hydrogen) atoms. The molecule has 0 fully saturated rings. The van der Waals surface area contributed by atoms with Gasteiger partial charge < -0.3 is 14.8 Å². The van der Waals surface area contributed by atoms with Crippen molar-refractivity contribution in [3.63, 3.8) is 0 Å². The molecule has 2 N–H and O–H groups in total. The number of hydrogen-bond donors (Lipinski definition) is 2. The van der Waals surface area contributed by atoms with E-state index in [4.69, 9.17) is 21.1 Å². The normalized spacial score (nSPS) is 13.6. The molecule has 10 heteroatoms. The topological polar surface area (TPSA) is 93.7 Å². The molecule has 0 unspecified atom stereocenters. The highest BCUT2D eigenvalue weighted by Gasteiger charge is 2.20. The minimum atomic E-state index is -3.92. The van der Waals surface area contributed by atoms with Gasteiger partial charge in [0.2, 0.25) is 15.9 Å². The molecule has 2 aromatic rings. The Morgan fingerprint density at radius 3 is 2.78 bits per heavy atom. The quantitative estimate of drug-likeness (QED) is 0.784. The van der Waals surface area contributed by atoms with Crippen LogP contribution in [0.25, 0.3) is 0 Å². The van der Waals surface area contributed by atoms with E-state index in [-0.39, 0.29) is 35.8 Å². The number of carbonyl (C=O) groups is 1. The predicted molar refractivity (Wildman–Crippen MR) is 96.5 cm³/mol. The molecule has 0 bridgehead atoms. The van der Waals surface area contributed by atoms with Gasteiger partial charge in [-0.1, -0.05) is 11.6 Å². The van der Waals surface area contributed by atoms with Gasteiger partial charge in [0, 0.05) is 24.6 Å². The van der Waals surface area contributed by atoms with Crippen LogP contribution in [0.5, 0.6) is 5.75 Å². The van der Waals surface area contributed by atoms with E-state index in [2.05, 4.69) is 10.0 Å². The summed E-state index contributed by atoms with van der Waals surface area (Å²) in [7, 11) is -3.92. The first-order chi connectivity index (χ1) is 12.8. The van der Waals surface area contributed by atoms with Crippen molar-refractivity contribution in [3.05, 3.63) is 52.3 Å². The molecule has 7 nitrogen and oxygen atoms in total. The van der Waals surface area contributed by atoms with E-state index in [0.29, 0.717) is 22.6 Å². The van der Waals surface area contributed by atoms with E-state index in [0.717, 1.165) is 0 Å². The maximum absolute atomic E-state index is 13.8. The van der Waals surface area contributed by atoms with E-state index in [9.17, 15) is 17.6 Å². The summed E-state index contributed by atoms with van der Waals surface area (Å²) >= 11 is 6.02. The average molecular weight is 415 g/mol. The molecule has 2 aromatic carbocycles. The first-order valence-corrected chi connectivity index (χ1v) is 9.71. The molecule has 1 aliphatic heterocycles. The van der Waals surface area contributed by atoms with Crippen LogP contribution in [0.2, 0.25) is 5.02 Å². The molecular formula is C17H16ClFN2O5S. The Morgan fingerprint density at radius 2 is 2.07 bits per heavy atom. The molecule has 0 spiro atoms. The number of nitrogens with one attached hydrogen (secondary N) is 2. The Kier molecular flexibility index (Phi) is 5.66. The molecule has 0 atom stereocenters. The zero-order valence-corrected chi connectivity index (χ0v) is 15.8. The predicted octanol–water partition coefficient (Wildman–Crippen LogP) is 2.78. The number of ether oxygens (including phenoxy) is 2. The van der Waals surface area contributed by atoms with Gasteiger partial charge in [-0.3, -0.25) is 4.79 Å². The fraction of sp³-hybridized carbons (Fsp3) is 0.235. The number of benzene rings is 2. The molecule has 0 saturated carbocycles. The molecule has 0 radical (unpaired) electrons. The average Bonchev–Trinajstić information content (AvgIpc) is 2.61. The zero-order chi connectivity index (χ0) is 19.6. The SMILES string of the molecule is CC(=O)Nc1ccc(S(=O)(=O)NCc2cc(F)cc3c2OCOC3)cc1Cl. The second kappa shape index (κ2) is 7.81. The molecule has 0 saturated heterocycles. The fourth-order valence-corrected chi connectivity index (χ4v) is 3.92. The first-order valence-electron chi connectivity index (χ1n) is 7.85. The maximum Gasteiger partial charge on any atom is 0.240 e. The Balaban J connectivity index is 1.81. The van der Waals surface area contributed by atoms with E-state index in [1.54, 1.807) is 0 Å². The molecular weight excluding hydrogens is 399 g/mol. The number of sulfonamides is 1. The van der Waals surface area contributed by atoms with Gasteiger partial charge in [-0.05, 0) is 30.3 Å². The Labute approximate surface area is 160 Å². The van der Waals surface area contributed by atoms with Crippen molar-refractivity contribution in [1.82, 2.24) is 4.72 Å². The molecule has 1 amide bonds. The van der Waals surface area contributed by atoms with E-state index in [1.165, 1.54) is 37.3 Å². The first kappa shape index (κ1) is 19.6. The molecule has 1 aliphatic rings. The Bertz CT molecular complexity index is 997. The van der Waals surface area contributed by atoms with Crippen LogP contribution in [0.1, 0.15) is 18.1 Å². The molecule has 0 aliphatic carbocycles. The van der Waals surface area contributed by atoms with Crippen molar-refractivity contribution >= 4 is 33.2 Å². The van der Waals surface area contributed by atoms with Crippen LogP contribution >= 0.6 is 11.6 Å². The van der Waals surface area contributed by atoms with Crippen molar-refractivity contribution in [2.24, 2.45) is 0 Å². The van der Waals surface area contributed by atoms with Gasteiger partial charge in [-0.15, -0.1) is 0 Å². The van der Waals surface area contributed by atoms with Crippen molar-refractivity contribution in [2.75, 3.05) is 12.1 Å². The van der Waals surface area contributed by atoms with E-state index < -0.39 is 15.8 Å². The van der Waals surface area contributed by atoms with Crippen LogP contribution in [-0.2, 0) is 32.7 Å². The van der Waals surface area contributed by atoms with Crippen molar-refractivity contribution in [1.29, 1.82) is 0 Å². The summed E-state index contributed by atoms with van der Waals surface area (Å²) in [6.07, 6.45) is 0. The highest BCUT2D eigenvalue weighted by atomic mass is 35.5. The third kappa shape index (κ3) is 4.56. The molecule has 1 heterocycles. The van der Waals surface area contributed by atoms with Gasteiger partial charge in [0.1, 0.15) is 11.6 Å². The van der Waals surface area contributed by atoms with Crippen molar-refractivity contribution < 1.29 is 27.1 Å². The molecule has 0 aromatic heterocycles. The maximum atomic E-state index is 13.8. The minimum Gasteiger partial charge on any atom is -0.467 e. The highest BCUT2D eigenvalue weighted by molar-refractivity contribution is 7.89. The minimum absolute atomic E-state index is 0.0125. The van der Waals surface area contributed by atoms with Gasteiger partial charge in [-0.25, -0.2) is 17.5 Å². The smallest absolute Gasteiger partial charge is 0.240 e. The van der Waals surface area contributed by atoms with Crippen LogP contribution < -0.4 is 14.8 Å². The summed E-state index contributed by atoms with van der Waals surface area (Å²) in [5, 5.41) is 2.57. The number of amides is 1. The monoisotopic (exact) mass is 414 g/mol. The van der Waals surface area contributed by atoms with Crippen LogP contribution in [0.4, 0.5) is 10.1 Å². The lowest BCUT2D eigenvalue weighted by molar-refractivity contribution is -0.114. The number of anilines is 1. The Hall–Kier alpha value is -2.20. The highest BCUT2D eigenvalue weighted by Crippen LogP contribution is 2.30. The number of halogens is 2. The van der Waals surface area contributed by atoms with Crippen LogP contribution in [-0.4, -0.2) is 21.1 Å². The zero-order valence-electron chi connectivity index (χ0n) is 14.2. The number of carbonyl (C=O) groups excluding carboxylic acids is 1. The summed E-state index contributed by atoms with van der Waals surface area (Å²) in [6, 6.07) is 6.42. The van der Waals surface area contributed by atoms with Gasteiger partial charge in [-0.2, -0.15) is 0 Å². The summed E-state index contributed by atoms with van der Waals surface area (Å²) in [5.74, 6) is -0.436. The Morgan fingerprint density at radius 1 is 1.30 bits per heavy atom. The second-order valence-corrected chi connectivity index (χ2v) is 7.99. The van der Waals surface area contributed by atoms with Gasteiger partial charge in [0.15, 0.2) is 6.79 Å².